The van der Waals surface area contributed by atoms with E-state index in [1.165, 1.54) is 35.6 Å². The first-order valence-corrected chi connectivity index (χ1v) is 9.85. The summed E-state index contributed by atoms with van der Waals surface area (Å²) in [7, 11) is 0. The van der Waals surface area contributed by atoms with Gasteiger partial charge in [0.2, 0.25) is 0 Å². The number of phenols is 1. The molecule has 0 bridgehead atoms. The van der Waals surface area contributed by atoms with Crippen molar-refractivity contribution in [1.29, 1.82) is 0 Å². The van der Waals surface area contributed by atoms with Gasteiger partial charge in [0.05, 0.1) is 11.8 Å². The van der Waals surface area contributed by atoms with Gasteiger partial charge in [-0.15, -0.1) is 0 Å². The Morgan fingerprint density at radius 1 is 1.14 bits per heavy atom. The molecule has 0 aliphatic heterocycles. The number of nitrogens with one attached hydrogen (secondary N) is 2. The summed E-state index contributed by atoms with van der Waals surface area (Å²) in [5.74, 6) is 0.872. The maximum Gasteiger partial charge on any atom is 0.138 e. The monoisotopic (exact) mass is 381 g/mol. The van der Waals surface area contributed by atoms with E-state index >= 15 is 0 Å². The number of anilines is 1. The average molecular weight is 381 g/mol. The van der Waals surface area contributed by atoms with E-state index in [1.54, 1.807) is 12.1 Å². The molecule has 0 fully saturated rings. The van der Waals surface area contributed by atoms with Gasteiger partial charge in [-0.25, -0.2) is 0 Å². The lowest BCUT2D eigenvalue weighted by atomic mass is 9.96. The van der Waals surface area contributed by atoms with E-state index in [0.717, 1.165) is 24.1 Å². The molecule has 1 aliphatic carbocycles. The van der Waals surface area contributed by atoms with Crippen molar-refractivity contribution in [1.82, 2.24) is 10.3 Å². The summed E-state index contributed by atoms with van der Waals surface area (Å²) in [4.78, 5) is 3.54. The predicted molar refractivity (Wildman–Crippen MR) is 111 cm³/mol. The summed E-state index contributed by atoms with van der Waals surface area (Å²) < 4.78 is 5.85. The molecule has 0 saturated carbocycles. The number of nitrogens with two attached hydrogens (primary N) is 1. The maximum atomic E-state index is 10.2. The van der Waals surface area contributed by atoms with Gasteiger partial charge in [0.25, 0.3) is 0 Å². The molecule has 2 aromatic carbocycles. The molecular weight excluding hydrogens is 354 g/mol. The molecule has 0 saturated heterocycles. The van der Waals surface area contributed by atoms with E-state index in [2.05, 4.69) is 22.4 Å². The van der Waals surface area contributed by atoms with Gasteiger partial charge in [0.1, 0.15) is 18.1 Å². The van der Waals surface area contributed by atoms with Crippen LogP contribution in [0.25, 0.3) is 10.9 Å². The van der Waals surface area contributed by atoms with Gasteiger partial charge < -0.3 is 31.0 Å². The standard InChI is InChI=1S/C22H27N3O3/c23-18-11-14(5-8-21(18)26)22(27)13-24-9-10-28-15-6-7-17-16-3-1-2-4-19(16)25-20(17)12-15/h5-8,11-12,22,24-27H,1-4,9-10,13,23H2. The van der Waals surface area contributed by atoms with E-state index in [-0.39, 0.29) is 11.4 Å². The number of aliphatic hydroxyl groups is 1. The van der Waals surface area contributed by atoms with Gasteiger partial charge in [-0.05, 0) is 61.1 Å². The molecular formula is C22H27N3O3. The van der Waals surface area contributed by atoms with E-state index in [4.69, 9.17) is 10.5 Å². The molecule has 148 valence electrons. The second-order valence-electron chi connectivity index (χ2n) is 7.38. The molecule has 0 amide bonds. The Kier molecular flexibility index (Phi) is 5.41. The molecule has 6 heteroatoms. The molecule has 1 atom stereocenters. The van der Waals surface area contributed by atoms with Crippen molar-refractivity contribution in [2.75, 3.05) is 25.4 Å². The number of aromatic hydroxyl groups is 1. The predicted octanol–water partition coefficient (Wildman–Crippen LogP) is 3.04. The molecule has 6 N–H and O–H groups in total. The highest BCUT2D eigenvalue weighted by molar-refractivity contribution is 5.86. The normalized spacial score (nSPS) is 14.8. The van der Waals surface area contributed by atoms with Crippen LogP contribution in [0.2, 0.25) is 0 Å². The molecule has 1 aromatic heterocycles. The number of aliphatic hydroxyl groups excluding tert-OH is 1. The minimum Gasteiger partial charge on any atom is -0.506 e. The van der Waals surface area contributed by atoms with Crippen LogP contribution in [0.1, 0.15) is 35.8 Å². The smallest absolute Gasteiger partial charge is 0.138 e. The van der Waals surface area contributed by atoms with Gasteiger partial charge in [-0.2, -0.15) is 0 Å². The second kappa shape index (κ2) is 8.12. The summed E-state index contributed by atoms with van der Waals surface area (Å²) >= 11 is 0. The number of ether oxygens (including phenoxy) is 1. The molecule has 0 radical (unpaired) electrons. The fourth-order valence-corrected chi connectivity index (χ4v) is 3.86. The highest BCUT2D eigenvalue weighted by Crippen LogP contribution is 2.31. The van der Waals surface area contributed by atoms with Crippen LogP contribution in [0.4, 0.5) is 5.69 Å². The van der Waals surface area contributed by atoms with Crippen molar-refractivity contribution < 1.29 is 14.9 Å². The zero-order chi connectivity index (χ0) is 19.5. The zero-order valence-electron chi connectivity index (χ0n) is 15.9. The molecule has 1 unspecified atom stereocenters. The lowest BCUT2D eigenvalue weighted by Gasteiger charge is -2.13. The summed E-state index contributed by atoms with van der Waals surface area (Å²) in [5, 5.41) is 24.2. The van der Waals surface area contributed by atoms with Gasteiger partial charge >= 0.3 is 0 Å². The first-order valence-electron chi connectivity index (χ1n) is 9.85. The summed E-state index contributed by atoms with van der Waals surface area (Å²) in [5.41, 5.74) is 10.6. The largest absolute Gasteiger partial charge is 0.506 e. The van der Waals surface area contributed by atoms with Crippen LogP contribution in [0.15, 0.2) is 36.4 Å². The van der Waals surface area contributed by atoms with Crippen LogP contribution in [0.3, 0.4) is 0 Å². The number of aromatic nitrogens is 1. The number of fused-ring (bicyclic) bond motifs is 3. The van der Waals surface area contributed by atoms with E-state index in [1.807, 2.05) is 6.07 Å². The lowest BCUT2D eigenvalue weighted by molar-refractivity contribution is 0.172. The van der Waals surface area contributed by atoms with Crippen molar-refractivity contribution in [2.24, 2.45) is 0 Å². The Balaban J connectivity index is 1.26. The minimum atomic E-state index is -0.690. The van der Waals surface area contributed by atoms with Crippen molar-refractivity contribution in [3.05, 3.63) is 53.2 Å². The van der Waals surface area contributed by atoms with Crippen LogP contribution in [0.5, 0.6) is 11.5 Å². The SMILES string of the molecule is Nc1cc(C(O)CNCCOc2ccc3c4c([nH]c3c2)CCCC4)ccc1O. The van der Waals surface area contributed by atoms with Crippen molar-refractivity contribution >= 4 is 16.6 Å². The van der Waals surface area contributed by atoms with Gasteiger partial charge in [-0.3, -0.25) is 0 Å². The van der Waals surface area contributed by atoms with Gasteiger partial charge in [0.15, 0.2) is 0 Å². The third-order valence-electron chi connectivity index (χ3n) is 5.39. The molecule has 4 rings (SSSR count). The van der Waals surface area contributed by atoms with Crippen molar-refractivity contribution in [3.8, 4) is 11.5 Å². The van der Waals surface area contributed by atoms with Crippen LogP contribution >= 0.6 is 0 Å². The number of phenolic OH excluding ortho intramolecular Hbond substituents is 1. The third-order valence-corrected chi connectivity index (χ3v) is 5.39. The number of nitrogen functional groups attached to an aromatic ring is 1. The van der Waals surface area contributed by atoms with Gasteiger partial charge in [-0.1, -0.05) is 6.07 Å². The number of hydrogen-bond acceptors (Lipinski definition) is 5. The van der Waals surface area contributed by atoms with Crippen LogP contribution in [0, 0.1) is 0 Å². The van der Waals surface area contributed by atoms with Crippen molar-refractivity contribution in [2.45, 2.75) is 31.8 Å². The summed E-state index contributed by atoms with van der Waals surface area (Å²) in [6.07, 6.45) is 4.14. The molecule has 1 heterocycles. The highest BCUT2D eigenvalue weighted by Gasteiger charge is 2.15. The topological polar surface area (TPSA) is 104 Å². The third kappa shape index (κ3) is 3.93. The number of H-pyrrole nitrogens is 1. The van der Waals surface area contributed by atoms with E-state index in [0.29, 0.717) is 25.3 Å². The fraction of sp³-hybridized carbons (Fsp3) is 0.364. The van der Waals surface area contributed by atoms with Crippen LogP contribution in [-0.4, -0.2) is 34.9 Å². The molecule has 28 heavy (non-hydrogen) atoms. The summed E-state index contributed by atoms with van der Waals surface area (Å²) in [6, 6.07) is 11.0. The Bertz CT molecular complexity index is 967. The van der Waals surface area contributed by atoms with Crippen LogP contribution < -0.4 is 15.8 Å². The maximum absolute atomic E-state index is 10.2. The van der Waals surface area contributed by atoms with E-state index < -0.39 is 6.10 Å². The molecule has 1 aliphatic rings. The Labute approximate surface area is 164 Å². The lowest BCUT2D eigenvalue weighted by Crippen LogP contribution is -2.26. The van der Waals surface area contributed by atoms with Crippen molar-refractivity contribution in [3.63, 3.8) is 0 Å². The second-order valence-corrected chi connectivity index (χ2v) is 7.38. The molecule has 0 spiro atoms. The highest BCUT2D eigenvalue weighted by atomic mass is 16.5. The van der Waals surface area contributed by atoms with Gasteiger partial charge in [0, 0.05) is 35.8 Å². The molecule has 6 nitrogen and oxygen atoms in total. The van der Waals surface area contributed by atoms with E-state index in [9.17, 15) is 10.2 Å². The minimum absolute atomic E-state index is 0.0252. The number of benzene rings is 2. The fourth-order valence-electron chi connectivity index (χ4n) is 3.86. The number of rotatable bonds is 7. The zero-order valence-corrected chi connectivity index (χ0v) is 15.9. The Morgan fingerprint density at radius 2 is 2.00 bits per heavy atom. The quantitative estimate of drug-likeness (QED) is 0.246. The first kappa shape index (κ1) is 18.7. The van der Waals surface area contributed by atoms with Crippen LogP contribution in [-0.2, 0) is 12.8 Å². The number of aromatic amines is 1. The first-order chi connectivity index (χ1) is 13.6. The number of aryl methyl sites for hydroxylation is 2. The summed E-state index contributed by atoms with van der Waals surface area (Å²) in [6.45, 7) is 1.51. The number of hydrogen-bond donors (Lipinski definition) is 5. The average Bonchev–Trinajstić information content (AvgIpc) is 3.07. The molecule has 3 aromatic rings. The Hall–Kier alpha value is -2.70. The Morgan fingerprint density at radius 3 is 2.86 bits per heavy atom.